The molecule has 5 N–H and O–H groups in total. The van der Waals surface area contributed by atoms with E-state index in [1.807, 2.05) is 68.4 Å². The second-order valence-corrected chi connectivity index (χ2v) is 7.40. The van der Waals surface area contributed by atoms with Gasteiger partial charge in [-0.3, -0.25) is 4.79 Å². The maximum atomic E-state index is 12.2. The van der Waals surface area contributed by atoms with E-state index in [1.165, 1.54) is 0 Å². The topological polar surface area (TPSA) is 113 Å². The van der Waals surface area contributed by atoms with Crippen LogP contribution >= 0.6 is 0 Å². The van der Waals surface area contributed by atoms with Crippen molar-refractivity contribution in [3.8, 4) is 11.1 Å². The lowest BCUT2D eigenvalue weighted by molar-refractivity contribution is -0.144. The van der Waals surface area contributed by atoms with E-state index in [0.29, 0.717) is 6.42 Å². The van der Waals surface area contributed by atoms with Gasteiger partial charge in [-0.2, -0.15) is 0 Å². The molecule has 0 unspecified atom stereocenters. The van der Waals surface area contributed by atoms with Crippen molar-refractivity contribution in [1.29, 1.82) is 0 Å². The van der Waals surface area contributed by atoms with Crippen LogP contribution in [0.15, 0.2) is 54.6 Å². The largest absolute Gasteiger partial charge is 0.480 e. The molecule has 1 amide bonds. The zero-order valence-corrected chi connectivity index (χ0v) is 16.2. The minimum absolute atomic E-state index is 0.0929. The molecule has 0 bridgehead atoms. The summed E-state index contributed by atoms with van der Waals surface area (Å²) in [6.45, 7) is 3.73. The molecule has 0 fully saturated rings. The molecule has 2 aromatic rings. The SMILES string of the molecule is CC(C)C[C@H](NC(=O)[C@@H](O)[C@H](N)Cc1ccc(-c2ccccc2)cc1)C(=O)O. The summed E-state index contributed by atoms with van der Waals surface area (Å²) in [6, 6.07) is 15.8. The number of hydrogen-bond donors (Lipinski definition) is 4. The monoisotopic (exact) mass is 384 g/mol. The fraction of sp³-hybridized carbons (Fsp3) is 0.364. The highest BCUT2D eigenvalue weighted by Gasteiger charge is 2.28. The number of carbonyl (C=O) groups is 2. The van der Waals surface area contributed by atoms with Gasteiger partial charge in [-0.25, -0.2) is 4.79 Å². The first-order valence-electron chi connectivity index (χ1n) is 9.39. The molecule has 150 valence electrons. The fourth-order valence-corrected chi connectivity index (χ4v) is 2.99. The Labute approximate surface area is 165 Å². The highest BCUT2D eigenvalue weighted by atomic mass is 16.4. The first kappa shape index (κ1) is 21.6. The van der Waals surface area contributed by atoms with E-state index in [9.17, 15) is 19.8 Å². The zero-order chi connectivity index (χ0) is 20.7. The number of carbonyl (C=O) groups excluding carboxylic acids is 1. The van der Waals surface area contributed by atoms with E-state index in [2.05, 4.69) is 5.32 Å². The molecule has 0 saturated heterocycles. The molecule has 0 aliphatic heterocycles. The Balaban J connectivity index is 1.96. The van der Waals surface area contributed by atoms with Crippen molar-refractivity contribution in [3.63, 3.8) is 0 Å². The Morgan fingerprint density at radius 2 is 1.57 bits per heavy atom. The molecule has 0 aliphatic rings. The average molecular weight is 384 g/mol. The second-order valence-electron chi connectivity index (χ2n) is 7.40. The molecule has 0 saturated carbocycles. The third-order valence-corrected chi connectivity index (χ3v) is 4.53. The van der Waals surface area contributed by atoms with Gasteiger partial charge in [0.1, 0.15) is 12.1 Å². The molecule has 6 nitrogen and oxygen atoms in total. The van der Waals surface area contributed by atoms with Crippen molar-refractivity contribution < 1.29 is 19.8 Å². The van der Waals surface area contributed by atoms with Crippen LogP contribution in [-0.4, -0.2) is 40.3 Å². The summed E-state index contributed by atoms with van der Waals surface area (Å²) in [5.74, 6) is -1.80. The lowest BCUT2D eigenvalue weighted by Crippen LogP contribution is -2.52. The lowest BCUT2D eigenvalue weighted by Gasteiger charge is -2.22. The number of aliphatic carboxylic acids is 1. The Hall–Kier alpha value is -2.70. The fourth-order valence-electron chi connectivity index (χ4n) is 2.99. The second kappa shape index (κ2) is 10.0. The van der Waals surface area contributed by atoms with Gasteiger partial charge in [0, 0.05) is 6.04 Å². The molecule has 2 aromatic carbocycles. The predicted molar refractivity (Wildman–Crippen MR) is 109 cm³/mol. The summed E-state index contributed by atoms with van der Waals surface area (Å²) in [5.41, 5.74) is 9.04. The van der Waals surface area contributed by atoms with Crippen molar-refractivity contribution in [2.45, 2.75) is 44.9 Å². The van der Waals surface area contributed by atoms with Crippen molar-refractivity contribution in [1.82, 2.24) is 5.32 Å². The highest BCUT2D eigenvalue weighted by Crippen LogP contribution is 2.20. The van der Waals surface area contributed by atoms with E-state index < -0.39 is 30.1 Å². The van der Waals surface area contributed by atoms with Crippen LogP contribution in [-0.2, 0) is 16.0 Å². The van der Waals surface area contributed by atoms with Crippen LogP contribution in [0.1, 0.15) is 25.8 Å². The van der Waals surface area contributed by atoms with Crippen molar-refractivity contribution >= 4 is 11.9 Å². The van der Waals surface area contributed by atoms with E-state index in [-0.39, 0.29) is 12.3 Å². The summed E-state index contributed by atoms with van der Waals surface area (Å²) >= 11 is 0. The van der Waals surface area contributed by atoms with Crippen molar-refractivity contribution in [2.24, 2.45) is 11.7 Å². The summed E-state index contributed by atoms with van der Waals surface area (Å²) in [4.78, 5) is 23.5. The number of amides is 1. The molecule has 28 heavy (non-hydrogen) atoms. The van der Waals surface area contributed by atoms with E-state index in [0.717, 1.165) is 16.7 Å². The number of benzene rings is 2. The molecular weight excluding hydrogens is 356 g/mol. The Bertz CT molecular complexity index is 775. The van der Waals surface area contributed by atoms with E-state index in [1.54, 1.807) is 0 Å². The molecule has 3 atom stereocenters. The Kier molecular flexibility index (Phi) is 7.72. The van der Waals surface area contributed by atoms with Crippen LogP contribution in [0.4, 0.5) is 0 Å². The summed E-state index contributed by atoms with van der Waals surface area (Å²) in [6.07, 6.45) is -0.905. The number of nitrogens with one attached hydrogen (secondary N) is 1. The predicted octanol–water partition coefficient (Wildman–Crippen LogP) is 2.20. The normalized spacial score (nSPS) is 14.3. The summed E-state index contributed by atoms with van der Waals surface area (Å²) in [7, 11) is 0. The minimum atomic E-state index is -1.48. The molecule has 0 aliphatic carbocycles. The van der Waals surface area contributed by atoms with E-state index >= 15 is 0 Å². The van der Waals surface area contributed by atoms with E-state index in [4.69, 9.17) is 5.73 Å². The third-order valence-electron chi connectivity index (χ3n) is 4.53. The number of carboxylic acid groups (broad SMARTS) is 1. The van der Waals surface area contributed by atoms with Gasteiger partial charge in [0.25, 0.3) is 5.91 Å². The Morgan fingerprint density at radius 3 is 2.11 bits per heavy atom. The maximum Gasteiger partial charge on any atom is 0.326 e. The quantitative estimate of drug-likeness (QED) is 0.529. The van der Waals surface area contributed by atoms with Crippen molar-refractivity contribution in [2.75, 3.05) is 0 Å². The average Bonchev–Trinajstić information content (AvgIpc) is 2.67. The van der Waals surface area contributed by atoms with Crippen LogP contribution in [0, 0.1) is 5.92 Å². The molecule has 6 heteroatoms. The first-order chi connectivity index (χ1) is 13.3. The number of hydrogen-bond acceptors (Lipinski definition) is 4. The number of aliphatic hydroxyl groups excluding tert-OH is 1. The number of nitrogens with two attached hydrogens (primary N) is 1. The highest BCUT2D eigenvalue weighted by molar-refractivity contribution is 5.86. The smallest absolute Gasteiger partial charge is 0.326 e. The number of rotatable bonds is 9. The summed E-state index contributed by atoms with van der Waals surface area (Å²) < 4.78 is 0. The lowest BCUT2D eigenvalue weighted by atomic mass is 9.98. The zero-order valence-electron chi connectivity index (χ0n) is 16.2. The van der Waals surface area contributed by atoms with Crippen LogP contribution in [0.5, 0.6) is 0 Å². The van der Waals surface area contributed by atoms with Crippen molar-refractivity contribution in [3.05, 3.63) is 60.2 Å². The number of aliphatic hydroxyl groups is 1. The minimum Gasteiger partial charge on any atom is -0.480 e. The van der Waals surface area contributed by atoms with Gasteiger partial charge in [-0.15, -0.1) is 0 Å². The van der Waals surface area contributed by atoms with Gasteiger partial charge in [0.15, 0.2) is 0 Å². The molecule has 2 rings (SSSR count). The van der Waals surface area contributed by atoms with Crippen LogP contribution < -0.4 is 11.1 Å². The molecule has 0 spiro atoms. The van der Waals surface area contributed by atoms with Crippen LogP contribution in [0.25, 0.3) is 11.1 Å². The molecule has 0 heterocycles. The van der Waals surface area contributed by atoms with Gasteiger partial charge in [0.05, 0.1) is 0 Å². The van der Waals surface area contributed by atoms with Crippen LogP contribution in [0.2, 0.25) is 0 Å². The Morgan fingerprint density at radius 1 is 1.00 bits per heavy atom. The standard InChI is InChI=1S/C22H28N2O4/c1-14(2)12-19(22(27)28)24-21(26)20(25)18(23)13-15-8-10-17(11-9-15)16-6-4-3-5-7-16/h3-11,14,18-20,25H,12-13,23H2,1-2H3,(H,24,26)(H,27,28)/t18-,19+,20+/m1/s1. The third kappa shape index (κ3) is 6.18. The van der Waals surface area contributed by atoms with Gasteiger partial charge in [0.2, 0.25) is 0 Å². The van der Waals surface area contributed by atoms with Crippen LogP contribution in [0.3, 0.4) is 0 Å². The molecule has 0 radical (unpaired) electrons. The number of carboxylic acids is 1. The first-order valence-corrected chi connectivity index (χ1v) is 9.39. The van der Waals surface area contributed by atoms with Gasteiger partial charge in [-0.1, -0.05) is 68.4 Å². The molecule has 0 aromatic heterocycles. The maximum absolute atomic E-state index is 12.2. The van der Waals surface area contributed by atoms with Gasteiger partial charge in [-0.05, 0) is 35.4 Å². The summed E-state index contributed by atoms with van der Waals surface area (Å²) in [5, 5.41) is 21.8. The van der Waals surface area contributed by atoms with Gasteiger partial charge < -0.3 is 21.3 Å². The van der Waals surface area contributed by atoms with Gasteiger partial charge >= 0.3 is 5.97 Å². The molecular formula is C22H28N2O4.